The van der Waals surface area contributed by atoms with E-state index in [1.807, 2.05) is 23.1 Å². The minimum absolute atomic E-state index is 0. The van der Waals surface area contributed by atoms with Crippen LogP contribution < -0.4 is 5.32 Å². The van der Waals surface area contributed by atoms with Crippen LogP contribution in [0.15, 0.2) is 40.9 Å². The molecule has 31 heavy (non-hydrogen) atoms. The maximum atomic E-state index is 13.1. The summed E-state index contributed by atoms with van der Waals surface area (Å²) >= 11 is 3.44. The third-order valence-electron chi connectivity index (χ3n) is 4.98. The quantitative estimate of drug-likeness (QED) is 0.625. The molecule has 0 fully saturated rings. The van der Waals surface area contributed by atoms with Crippen molar-refractivity contribution < 1.29 is 23.1 Å². The number of alkyl halides is 3. The fourth-order valence-electron chi connectivity index (χ4n) is 3.44. The van der Waals surface area contributed by atoms with Crippen LogP contribution in [0.1, 0.15) is 29.2 Å². The average molecular weight is 519 g/mol. The van der Waals surface area contributed by atoms with E-state index in [2.05, 4.69) is 21.2 Å². The zero-order valence-corrected chi connectivity index (χ0v) is 18.9. The molecule has 0 saturated carbocycles. The number of anilines is 1. The molecule has 166 valence electrons. The Morgan fingerprint density at radius 1 is 1.26 bits per heavy atom. The number of β-amino-alcohol motifs (C(OH)–C–C–N with tert-alkyl or cyclic N) is 1. The second-order valence-electron chi connectivity index (χ2n) is 7.47. The highest BCUT2D eigenvalue weighted by atomic mass is 79.9. The van der Waals surface area contributed by atoms with Crippen molar-refractivity contribution in [3.8, 4) is 6.07 Å². The first-order valence-electron chi connectivity index (χ1n) is 9.14. The summed E-state index contributed by atoms with van der Waals surface area (Å²) in [7, 11) is 0. The molecule has 2 N–H and O–H groups in total. The monoisotopic (exact) mass is 517 g/mol. The van der Waals surface area contributed by atoms with Crippen molar-refractivity contribution in [3.05, 3.63) is 63.1 Å². The van der Waals surface area contributed by atoms with E-state index in [9.17, 15) is 23.1 Å². The summed E-state index contributed by atoms with van der Waals surface area (Å²) in [5.74, 6) is -0.818. The van der Waals surface area contributed by atoms with Gasteiger partial charge in [0.15, 0.2) is 5.60 Å². The molecule has 1 aliphatic heterocycles. The van der Waals surface area contributed by atoms with Gasteiger partial charge in [-0.1, -0.05) is 22.0 Å². The van der Waals surface area contributed by atoms with Gasteiger partial charge in [-0.2, -0.15) is 18.4 Å². The predicted octanol–water partition coefficient (Wildman–Crippen LogP) is 4.51. The number of nitriles is 1. The molecule has 5 nitrogen and oxygen atoms in total. The third-order valence-corrected chi connectivity index (χ3v) is 5.48. The van der Waals surface area contributed by atoms with Crippen LogP contribution in [-0.2, 0) is 23.9 Å². The van der Waals surface area contributed by atoms with E-state index in [0.717, 1.165) is 22.5 Å². The Bertz CT molecular complexity index is 1020. The second kappa shape index (κ2) is 9.57. The third kappa shape index (κ3) is 5.98. The molecule has 3 rings (SSSR count). The van der Waals surface area contributed by atoms with Gasteiger partial charge in [-0.25, -0.2) is 0 Å². The largest absolute Gasteiger partial charge is 0.417 e. The normalized spacial score (nSPS) is 15.8. The van der Waals surface area contributed by atoms with Gasteiger partial charge in [-0.05, 0) is 54.8 Å². The lowest BCUT2D eigenvalue weighted by Crippen LogP contribution is -2.50. The van der Waals surface area contributed by atoms with Crippen LogP contribution >= 0.6 is 28.3 Å². The first-order chi connectivity index (χ1) is 14.0. The number of fused-ring (bicyclic) bond motifs is 1. The molecule has 2 aromatic rings. The van der Waals surface area contributed by atoms with Crippen molar-refractivity contribution in [2.75, 3.05) is 18.4 Å². The van der Waals surface area contributed by atoms with Gasteiger partial charge in [0, 0.05) is 29.8 Å². The molecule has 0 radical (unpaired) electrons. The fraction of sp³-hybridized carbons (Fsp3) is 0.333. The highest BCUT2D eigenvalue weighted by molar-refractivity contribution is 9.10. The van der Waals surface area contributed by atoms with Gasteiger partial charge in [0.1, 0.15) is 0 Å². The zero-order chi connectivity index (χ0) is 22.1. The number of halogens is 5. The van der Waals surface area contributed by atoms with Crippen LogP contribution in [0, 0.1) is 11.3 Å². The van der Waals surface area contributed by atoms with E-state index in [4.69, 9.17) is 5.26 Å². The molecule has 10 heteroatoms. The molecule has 1 amide bonds. The summed E-state index contributed by atoms with van der Waals surface area (Å²) in [6.07, 6.45) is -3.97. The Balaban J connectivity index is 0.00000341. The van der Waals surface area contributed by atoms with Gasteiger partial charge >= 0.3 is 6.18 Å². The summed E-state index contributed by atoms with van der Waals surface area (Å²) in [5, 5.41) is 21.9. The average Bonchev–Trinajstić information content (AvgIpc) is 2.67. The molecule has 0 aliphatic carbocycles. The van der Waals surface area contributed by atoms with E-state index >= 15 is 0 Å². The minimum Gasteiger partial charge on any atom is -0.379 e. The fourth-order valence-corrected chi connectivity index (χ4v) is 3.85. The molecule has 0 aromatic heterocycles. The van der Waals surface area contributed by atoms with E-state index < -0.39 is 28.8 Å². The van der Waals surface area contributed by atoms with Crippen LogP contribution in [0.4, 0.5) is 18.9 Å². The van der Waals surface area contributed by atoms with Crippen molar-refractivity contribution in [1.82, 2.24) is 4.90 Å². The summed E-state index contributed by atoms with van der Waals surface area (Å²) in [4.78, 5) is 14.5. The Kier molecular flexibility index (Phi) is 7.76. The number of carbonyl (C=O) groups excluding carboxylic acids is 1. The summed E-state index contributed by atoms with van der Waals surface area (Å²) in [5.41, 5.74) is -1.34. The lowest BCUT2D eigenvalue weighted by molar-refractivity contribution is -0.138. The number of nitrogens with zero attached hydrogens (tertiary/aromatic N) is 2. The van der Waals surface area contributed by atoms with E-state index in [1.54, 1.807) is 0 Å². The molecule has 1 aliphatic rings. The smallest absolute Gasteiger partial charge is 0.379 e. The Morgan fingerprint density at radius 2 is 1.97 bits per heavy atom. The summed E-state index contributed by atoms with van der Waals surface area (Å²) < 4.78 is 40.3. The zero-order valence-electron chi connectivity index (χ0n) is 16.5. The highest BCUT2D eigenvalue weighted by Gasteiger charge is 2.36. The van der Waals surface area contributed by atoms with Crippen LogP contribution in [0.2, 0.25) is 0 Å². The van der Waals surface area contributed by atoms with Gasteiger partial charge < -0.3 is 10.4 Å². The van der Waals surface area contributed by atoms with Crippen LogP contribution in [-0.4, -0.2) is 34.6 Å². The number of rotatable bonds is 4. The second-order valence-corrected chi connectivity index (χ2v) is 8.39. The van der Waals surface area contributed by atoms with Crippen LogP contribution in [0.25, 0.3) is 0 Å². The van der Waals surface area contributed by atoms with Gasteiger partial charge in [-0.3, -0.25) is 9.69 Å². The molecule has 0 saturated heterocycles. The van der Waals surface area contributed by atoms with Crippen molar-refractivity contribution in [2.45, 2.75) is 31.7 Å². The highest BCUT2D eigenvalue weighted by Crippen LogP contribution is 2.33. The van der Waals surface area contributed by atoms with E-state index in [-0.39, 0.29) is 24.6 Å². The molecule has 1 heterocycles. The Hall–Kier alpha value is -2.12. The van der Waals surface area contributed by atoms with Crippen molar-refractivity contribution in [1.29, 1.82) is 5.26 Å². The lowest BCUT2D eigenvalue weighted by atomic mass is 9.97. The standard InChI is InChI=1S/C21H19BrF3N3O2.ClH/c1-20(30,12-28-7-6-13-8-16(22)4-2-15(13)11-28)19(29)27-17-5-3-14(10-26)18(9-17)21(23,24)25;/h2-5,8-9,30H,6-7,11-12H2,1H3,(H,27,29);1H/t20-;/m0./s1. The van der Waals surface area contributed by atoms with E-state index in [1.165, 1.54) is 24.6 Å². The molecular weight excluding hydrogens is 499 g/mol. The van der Waals surface area contributed by atoms with Crippen molar-refractivity contribution in [2.24, 2.45) is 0 Å². The van der Waals surface area contributed by atoms with Gasteiger partial charge in [0.25, 0.3) is 5.91 Å². The lowest BCUT2D eigenvalue weighted by Gasteiger charge is -2.34. The predicted molar refractivity (Wildman–Crippen MR) is 116 cm³/mol. The number of hydrogen-bond donors (Lipinski definition) is 2. The topological polar surface area (TPSA) is 76.4 Å². The SMILES string of the molecule is C[C@](O)(CN1CCc2cc(Br)ccc2C1)C(=O)Nc1ccc(C#N)c(C(F)(F)F)c1.Cl. The summed E-state index contributed by atoms with van der Waals surface area (Å²) in [6.45, 7) is 2.55. The maximum Gasteiger partial charge on any atom is 0.417 e. The van der Waals surface area contributed by atoms with Crippen LogP contribution in [0.5, 0.6) is 0 Å². The minimum atomic E-state index is -4.73. The van der Waals surface area contributed by atoms with Crippen molar-refractivity contribution >= 4 is 39.9 Å². The first-order valence-corrected chi connectivity index (χ1v) is 9.94. The number of hydrogen-bond acceptors (Lipinski definition) is 4. The van der Waals surface area contributed by atoms with Gasteiger partial charge in [-0.15, -0.1) is 12.4 Å². The van der Waals surface area contributed by atoms with Gasteiger partial charge in [0.2, 0.25) is 0 Å². The molecular formula is C21H20BrClF3N3O2. The number of carbonyl (C=O) groups is 1. The molecule has 0 spiro atoms. The number of nitrogens with one attached hydrogen (secondary N) is 1. The van der Waals surface area contributed by atoms with Crippen molar-refractivity contribution in [3.63, 3.8) is 0 Å². The van der Waals surface area contributed by atoms with Gasteiger partial charge in [0.05, 0.1) is 17.2 Å². The number of benzene rings is 2. The molecule has 1 atom stereocenters. The summed E-state index contributed by atoms with van der Waals surface area (Å²) in [6, 6.07) is 10.3. The number of aliphatic hydroxyl groups is 1. The molecule has 2 aromatic carbocycles. The molecule has 0 bridgehead atoms. The van der Waals surface area contributed by atoms with Crippen LogP contribution in [0.3, 0.4) is 0 Å². The first kappa shape index (κ1) is 25.1. The van der Waals surface area contributed by atoms with E-state index in [0.29, 0.717) is 19.2 Å². The Morgan fingerprint density at radius 3 is 2.61 bits per heavy atom. The molecule has 0 unspecified atom stereocenters. The number of amides is 1. The Labute approximate surface area is 192 Å². The maximum absolute atomic E-state index is 13.1.